The number of carbonyl (C=O) groups is 1. The number of carbonyl (C=O) groups excluding carboxylic acids is 1. The quantitative estimate of drug-likeness (QED) is 0.385. The van der Waals surface area contributed by atoms with Gasteiger partial charge in [-0.25, -0.2) is 0 Å². The number of aryl methyl sites for hydroxylation is 1. The van der Waals surface area contributed by atoms with Crippen LogP contribution in [0.5, 0.6) is 5.75 Å². The first-order valence-corrected chi connectivity index (χ1v) is 10.1. The van der Waals surface area contributed by atoms with Gasteiger partial charge in [0.15, 0.2) is 0 Å². The Morgan fingerprint density at radius 2 is 1.88 bits per heavy atom. The van der Waals surface area contributed by atoms with E-state index in [-0.39, 0.29) is 6.61 Å². The molecule has 0 saturated carbocycles. The van der Waals surface area contributed by atoms with Gasteiger partial charge < -0.3 is 14.3 Å². The molecule has 2 aromatic carbocycles. The average molecular weight is 420 g/mol. The van der Waals surface area contributed by atoms with Gasteiger partial charge >= 0.3 is 0 Å². The van der Waals surface area contributed by atoms with Crippen LogP contribution < -0.4 is 9.55 Å². The van der Waals surface area contributed by atoms with E-state index in [2.05, 4.69) is 17.1 Å². The third-order valence-corrected chi connectivity index (χ3v) is 5.02. The molecule has 6 nitrogen and oxygen atoms in total. The van der Waals surface area contributed by atoms with Crippen LogP contribution >= 0.6 is 0 Å². The molecule has 3 rings (SSSR count). The molecule has 7 heteroatoms. The van der Waals surface area contributed by atoms with E-state index in [0.717, 1.165) is 28.7 Å². The van der Waals surface area contributed by atoms with Crippen molar-refractivity contribution in [2.75, 3.05) is 4.81 Å². The number of aromatic nitrogens is 1. The van der Waals surface area contributed by atoms with Crippen molar-refractivity contribution >= 4 is 20.0 Å². The maximum absolute atomic E-state index is 11.1. The van der Waals surface area contributed by atoms with Gasteiger partial charge in [0.05, 0.1) is 29.0 Å². The molecular weight excluding hydrogens is 399 g/mol. The second kappa shape index (κ2) is 10.8. The standard InChI is InChI=1S/C25H21BN4O2/c1-18-25(32-17-21-5-2-4-20(12-21)14-28)24(6-3-11-31)22(15-29-18)16-30(26)23-9-7-19(13-27)8-10-23/h2,4-5,7-12,15H,3,6,16-17H2,1H3. The molecule has 0 spiro atoms. The number of rotatable bonds is 9. The maximum Gasteiger partial charge on any atom is 0.227 e. The van der Waals surface area contributed by atoms with E-state index in [1.54, 1.807) is 47.4 Å². The van der Waals surface area contributed by atoms with E-state index in [1.165, 1.54) is 0 Å². The van der Waals surface area contributed by atoms with Crippen molar-refractivity contribution in [3.63, 3.8) is 0 Å². The average Bonchev–Trinajstić information content (AvgIpc) is 2.83. The Kier molecular flexibility index (Phi) is 7.62. The minimum atomic E-state index is 0.275. The van der Waals surface area contributed by atoms with E-state index >= 15 is 0 Å². The maximum atomic E-state index is 11.1. The van der Waals surface area contributed by atoms with Crippen molar-refractivity contribution < 1.29 is 9.53 Å². The van der Waals surface area contributed by atoms with Crippen LogP contribution in [0.2, 0.25) is 0 Å². The van der Waals surface area contributed by atoms with Crippen LogP contribution in [-0.2, 0) is 24.4 Å². The van der Waals surface area contributed by atoms with Crippen LogP contribution in [0.15, 0.2) is 54.7 Å². The molecule has 0 aliphatic carbocycles. The zero-order valence-corrected chi connectivity index (χ0v) is 17.8. The largest absolute Gasteiger partial charge is 0.487 e. The van der Waals surface area contributed by atoms with E-state index in [0.29, 0.717) is 42.0 Å². The van der Waals surface area contributed by atoms with Crippen molar-refractivity contribution in [2.45, 2.75) is 32.9 Å². The van der Waals surface area contributed by atoms with Crippen molar-refractivity contribution in [2.24, 2.45) is 0 Å². The van der Waals surface area contributed by atoms with Gasteiger partial charge in [0.2, 0.25) is 7.98 Å². The van der Waals surface area contributed by atoms with Gasteiger partial charge in [0.1, 0.15) is 18.6 Å². The van der Waals surface area contributed by atoms with E-state index in [9.17, 15) is 4.79 Å². The normalized spacial score (nSPS) is 10.1. The Labute approximate surface area is 189 Å². The number of hydrogen-bond acceptors (Lipinski definition) is 6. The number of nitriles is 2. The third kappa shape index (κ3) is 5.53. The Bertz CT molecular complexity index is 1180. The van der Waals surface area contributed by atoms with Gasteiger partial charge in [0.25, 0.3) is 0 Å². The lowest BCUT2D eigenvalue weighted by Crippen LogP contribution is -2.20. The summed E-state index contributed by atoms with van der Waals surface area (Å²) in [7, 11) is 6.28. The molecule has 0 amide bonds. The van der Waals surface area contributed by atoms with Gasteiger partial charge in [-0.05, 0) is 60.9 Å². The molecule has 156 valence electrons. The van der Waals surface area contributed by atoms with Crippen molar-refractivity contribution in [1.82, 2.24) is 4.98 Å². The highest BCUT2D eigenvalue weighted by atomic mass is 16.5. The molecule has 0 aliphatic heterocycles. The molecular formula is C25H21BN4O2. The highest BCUT2D eigenvalue weighted by Crippen LogP contribution is 2.29. The SMILES string of the molecule is [B]N(Cc1cnc(C)c(OCc2cccc(C#N)c2)c1CCC=O)c1ccc(C#N)cc1. The van der Waals surface area contributed by atoms with Crippen molar-refractivity contribution in [3.8, 4) is 17.9 Å². The Hall–Kier alpha value is -4.10. The molecule has 1 aromatic heterocycles. The summed E-state index contributed by atoms with van der Waals surface area (Å²) in [4.78, 5) is 17.1. The summed E-state index contributed by atoms with van der Waals surface area (Å²) in [6.07, 6.45) is 3.47. The molecule has 0 aliphatic rings. The number of anilines is 1. The minimum absolute atomic E-state index is 0.275. The number of ether oxygens (including phenoxy) is 1. The molecule has 32 heavy (non-hydrogen) atoms. The van der Waals surface area contributed by atoms with E-state index in [1.807, 2.05) is 19.1 Å². The second-order valence-corrected chi connectivity index (χ2v) is 7.27. The number of benzene rings is 2. The fraction of sp³-hybridized carbons (Fsp3) is 0.200. The number of nitrogens with zero attached hydrogens (tertiary/aromatic N) is 4. The highest BCUT2D eigenvalue weighted by Gasteiger charge is 2.16. The fourth-order valence-corrected chi connectivity index (χ4v) is 3.37. The topological polar surface area (TPSA) is 90.0 Å². The molecule has 0 N–H and O–H groups in total. The molecule has 0 saturated heterocycles. The summed E-state index contributed by atoms with van der Waals surface area (Å²) in [6.45, 7) is 2.49. The second-order valence-electron chi connectivity index (χ2n) is 7.27. The third-order valence-electron chi connectivity index (χ3n) is 5.02. The van der Waals surface area contributed by atoms with Crippen LogP contribution in [-0.4, -0.2) is 19.3 Å². The number of aldehydes is 1. The molecule has 2 radical (unpaired) electrons. The minimum Gasteiger partial charge on any atom is -0.487 e. The van der Waals surface area contributed by atoms with Crippen LogP contribution in [0.1, 0.15) is 39.9 Å². The Morgan fingerprint density at radius 3 is 2.56 bits per heavy atom. The van der Waals surface area contributed by atoms with E-state index < -0.39 is 0 Å². The summed E-state index contributed by atoms with van der Waals surface area (Å²) < 4.78 is 6.13. The molecule has 0 fully saturated rings. The predicted octanol–water partition coefficient (Wildman–Crippen LogP) is 3.93. The van der Waals surface area contributed by atoms with E-state index in [4.69, 9.17) is 23.2 Å². The van der Waals surface area contributed by atoms with Gasteiger partial charge in [-0.15, -0.1) is 0 Å². The van der Waals surface area contributed by atoms with Crippen molar-refractivity contribution in [3.05, 3.63) is 88.2 Å². The number of hydrogen-bond donors (Lipinski definition) is 0. The lowest BCUT2D eigenvalue weighted by atomic mass is 10.0. The highest BCUT2D eigenvalue weighted by molar-refractivity contribution is 6.17. The van der Waals surface area contributed by atoms with Crippen LogP contribution in [0.4, 0.5) is 5.69 Å². The van der Waals surface area contributed by atoms with Gasteiger partial charge in [-0.2, -0.15) is 10.5 Å². The van der Waals surface area contributed by atoms with Crippen LogP contribution in [0.3, 0.4) is 0 Å². The summed E-state index contributed by atoms with van der Waals surface area (Å²) in [5, 5.41) is 18.1. The number of pyridine rings is 1. The molecule has 0 bridgehead atoms. The Balaban J connectivity index is 1.87. The fourth-order valence-electron chi connectivity index (χ4n) is 3.37. The van der Waals surface area contributed by atoms with Crippen LogP contribution in [0, 0.1) is 29.6 Å². The van der Waals surface area contributed by atoms with Crippen molar-refractivity contribution in [1.29, 1.82) is 10.5 Å². The summed E-state index contributed by atoms with van der Waals surface area (Å²) in [5.41, 5.74) is 5.19. The monoisotopic (exact) mass is 420 g/mol. The van der Waals surface area contributed by atoms with Gasteiger partial charge in [-0.1, -0.05) is 12.1 Å². The first-order chi connectivity index (χ1) is 15.5. The van der Waals surface area contributed by atoms with Gasteiger partial charge in [0, 0.05) is 30.4 Å². The molecule has 0 atom stereocenters. The zero-order valence-electron chi connectivity index (χ0n) is 17.8. The first kappa shape index (κ1) is 22.6. The summed E-state index contributed by atoms with van der Waals surface area (Å²) in [5.74, 6) is 0.625. The lowest BCUT2D eigenvalue weighted by molar-refractivity contribution is -0.107. The molecule has 1 heterocycles. The molecule has 0 unspecified atom stereocenters. The van der Waals surface area contributed by atoms with Gasteiger partial charge in [-0.3, -0.25) is 4.98 Å². The lowest BCUT2D eigenvalue weighted by Gasteiger charge is -2.23. The summed E-state index contributed by atoms with van der Waals surface area (Å²) in [6, 6.07) is 18.4. The first-order valence-electron chi connectivity index (χ1n) is 10.1. The van der Waals surface area contributed by atoms with Crippen LogP contribution in [0.25, 0.3) is 0 Å². The summed E-state index contributed by atoms with van der Waals surface area (Å²) >= 11 is 0. The predicted molar refractivity (Wildman–Crippen MR) is 122 cm³/mol. The Morgan fingerprint density at radius 1 is 1.12 bits per heavy atom. The molecule has 3 aromatic rings. The smallest absolute Gasteiger partial charge is 0.227 e. The zero-order chi connectivity index (χ0) is 22.9.